The van der Waals surface area contributed by atoms with Crippen molar-refractivity contribution in [2.45, 2.75) is 0 Å². The lowest BCUT2D eigenvalue weighted by atomic mass is 9.97. The van der Waals surface area contributed by atoms with Crippen molar-refractivity contribution in [3.8, 4) is 33.4 Å². The van der Waals surface area contributed by atoms with Gasteiger partial charge in [0.2, 0.25) is 0 Å². The van der Waals surface area contributed by atoms with Crippen LogP contribution < -0.4 is 4.90 Å². The lowest BCUT2D eigenvalue weighted by molar-refractivity contribution is 0.670. The molecule has 3 heteroatoms. The largest absolute Gasteiger partial charge is 0.455 e. The third-order valence-electron chi connectivity index (χ3n) is 10.9. The molecule has 11 rings (SSSR count). The van der Waals surface area contributed by atoms with Gasteiger partial charge in [-0.1, -0.05) is 146 Å². The van der Waals surface area contributed by atoms with Crippen LogP contribution in [0.2, 0.25) is 0 Å². The molecular weight excluding hydrogens is 671 g/mol. The number of furan rings is 2. The molecule has 11 aromatic rings. The molecule has 2 heterocycles. The van der Waals surface area contributed by atoms with Crippen molar-refractivity contribution < 1.29 is 8.83 Å². The first-order chi connectivity index (χ1) is 27.3. The normalized spacial score (nSPS) is 11.6. The number of fused-ring (bicyclic) bond motifs is 8. The van der Waals surface area contributed by atoms with Gasteiger partial charge in [0.1, 0.15) is 22.3 Å². The van der Waals surface area contributed by atoms with Gasteiger partial charge in [0.05, 0.1) is 5.69 Å². The van der Waals surface area contributed by atoms with E-state index in [1.165, 1.54) is 11.1 Å². The summed E-state index contributed by atoms with van der Waals surface area (Å²) in [6.45, 7) is 0. The minimum Gasteiger partial charge on any atom is -0.455 e. The molecular formula is C52H33NO2. The number of para-hydroxylation sites is 4. The van der Waals surface area contributed by atoms with Gasteiger partial charge in [-0.2, -0.15) is 0 Å². The van der Waals surface area contributed by atoms with Gasteiger partial charge < -0.3 is 13.7 Å². The van der Waals surface area contributed by atoms with Crippen LogP contribution in [-0.4, -0.2) is 0 Å². The minimum atomic E-state index is 0.901. The van der Waals surface area contributed by atoms with Crippen molar-refractivity contribution in [1.29, 1.82) is 0 Å². The van der Waals surface area contributed by atoms with E-state index in [-0.39, 0.29) is 0 Å². The van der Waals surface area contributed by atoms with E-state index in [1.54, 1.807) is 0 Å². The van der Waals surface area contributed by atoms with Gasteiger partial charge in [0.15, 0.2) is 0 Å². The molecule has 55 heavy (non-hydrogen) atoms. The Labute approximate surface area is 317 Å². The molecule has 0 spiro atoms. The third-order valence-corrected chi connectivity index (χ3v) is 10.9. The molecule has 258 valence electrons. The Morgan fingerprint density at radius 1 is 0.309 bits per heavy atom. The quantitative estimate of drug-likeness (QED) is 0.173. The van der Waals surface area contributed by atoms with E-state index in [0.717, 1.165) is 94.0 Å². The zero-order valence-electron chi connectivity index (χ0n) is 29.8. The molecule has 0 fully saturated rings. The van der Waals surface area contributed by atoms with Crippen molar-refractivity contribution in [2.24, 2.45) is 0 Å². The second kappa shape index (κ2) is 12.6. The van der Waals surface area contributed by atoms with E-state index in [4.69, 9.17) is 8.83 Å². The Balaban J connectivity index is 1.06. The lowest BCUT2D eigenvalue weighted by Gasteiger charge is -2.28. The molecule has 9 aromatic carbocycles. The Morgan fingerprint density at radius 3 is 1.58 bits per heavy atom. The standard InChI is InChI=1S/C52H33NO2/c1-2-11-34(12-3-1)35-23-28-39(29-24-35)53(40-30-25-36(26-31-40)42-16-10-17-45-43-14-5-8-19-49(43)54-51(42)45)48-18-7-4-13-41(48)38-22-21-37-27-32-46-44-15-6-9-20-50(44)55-52(46)47(37)33-38/h1-33H. The predicted octanol–water partition coefficient (Wildman–Crippen LogP) is 15.1. The maximum absolute atomic E-state index is 6.49. The molecule has 0 saturated carbocycles. The third kappa shape index (κ3) is 5.20. The van der Waals surface area contributed by atoms with Gasteiger partial charge in [-0.25, -0.2) is 0 Å². The SMILES string of the molecule is c1ccc(-c2ccc(N(c3ccc(-c4cccc5c4oc4ccccc45)cc3)c3ccccc3-c3ccc4ccc5c6ccccc6oc5c4c3)cc2)cc1. The number of nitrogens with zero attached hydrogens (tertiary/aromatic N) is 1. The first kappa shape index (κ1) is 31.2. The summed E-state index contributed by atoms with van der Waals surface area (Å²) in [6, 6.07) is 71.0. The van der Waals surface area contributed by atoms with Gasteiger partial charge in [-0.3, -0.25) is 0 Å². The highest BCUT2D eigenvalue weighted by Gasteiger charge is 2.19. The molecule has 0 aliphatic carbocycles. The Hall–Kier alpha value is -7.36. The van der Waals surface area contributed by atoms with Crippen LogP contribution in [0.1, 0.15) is 0 Å². The predicted molar refractivity (Wildman–Crippen MR) is 229 cm³/mol. The molecule has 0 aliphatic rings. The van der Waals surface area contributed by atoms with Crippen molar-refractivity contribution in [3.05, 3.63) is 200 Å². The molecule has 3 nitrogen and oxygen atoms in total. The second-order valence-corrected chi connectivity index (χ2v) is 14.1. The maximum atomic E-state index is 6.49. The minimum absolute atomic E-state index is 0.901. The maximum Gasteiger partial charge on any atom is 0.143 e. The van der Waals surface area contributed by atoms with Crippen molar-refractivity contribution in [3.63, 3.8) is 0 Å². The molecule has 2 aromatic heterocycles. The summed E-state index contributed by atoms with van der Waals surface area (Å²) in [7, 11) is 0. The highest BCUT2D eigenvalue weighted by molar-refractivity contribution is 6.16. The van der Waals surface area contributed by atoms with Gasteiger partial charge in [-0.05, 0) is 82.2 Å². The highest BCUT2D eigenvalue weighted by Crippen LogP contribution is 2.44. The van der Waals surface area contributed by atoms with Crippen LogP contribution in [0.4, 0.5) is 17.1 Å². The fourth-order valence-electron chi connectivity index (χ4n) is 8.21. The van der Waals surface area contributed by atoms with Crippen molar-refractivity contribution in [1.82, 2.24) is 0 Å². The van der Waals surface area contributed by atoms with Gasteiger partial charge in [0.25, 0.3) is 0 Å². The first-order valence-corrected chi connectivity index (χ1v) is 18.7. The van der Waals surface area contributed by atoms with Crippen molar-refractivity contribution >= 4 is 71.7 Å². The van der Waals surface area contributed by atoms with E-state index in [1.807, 2.05) is 24.3 Å². The molecule has 0 N–H and O–H groups in total. The van der Waals surface area contributed by atoms with Crippen LogP contribution in [0.25, 0.3) is 88.0 Å². The monoisotopic (exact) mass is 703 g/mol. The van der Waals surface area contributed by atoms with Crippen LogP contribution >= 0.6 is 0 Å². The average Bonchev–Trinajstić information content (AvgIpc) is 3.84. The zero-order chi connectivity index (χ0) is 36.3. The Bertz CT molecular complexity index is 3190. The molecule has 0 bridgehead atoms. The summed E-state index contributed by atoms with van der Waals surface area (Å²) in [5.74, 6) is 0. The van der Waals surface area contributed by atoms with Crippen LogP contribution in [0, 0.1) is 0 Å². The zero-order valence-corrected chi connectivity index (χ0v) is 29.8. The number of hydrogen-bond acceptors (Lipinski definition) is 3. The van der Waals surface area contributed by atoms with E-state index < -0.39 is 0 Å². The molecule has 0 atom stereocenters. The first-order valence-electron chi connectivity index (χ1n) is 18.7. The molecule has 0 amide bonds. The topological polar surface area (TPSA) is 29.5 Å². The fourth-order valence-corrected chi connectivity index (χ4v) is 8.21. The van der Waals surface area contributed by atoms with E-state index in [9.17, 15) is 0 Å². The van der Waals surface area contributed by atoms with Crippen molar-refractivity contribution in [2.75, 3.05) is 4.90 Å². The summed E-state index contributed by atoms with van der Waals surface area (Å²) < 4.78 is 12.9. The fraction of sp³-hybridized carbons (Fsp3) is 0. The van der Waals surface area contributed by atoms with E-state index in [0.29, 0.717) is 0 Å². The van der Waals surface area contributed by atoms with E-state index >= 15 is 0 Å². The van der Waals surface area contributed by atoms with Crippen LogP contribution in [0.3, 0.4) is 0 Å². The number of anilines is 3. The Kier molecular flexibility index (Phi) is 7.17. The number of hydrogen-bond donors (Lipinski definition) is 0. The van der Waals surface area contributed by atoms with Crippen LogP contribution in [0.5, 0.6) is 0 Å². The van der Waals surface area contributed by atoms with Gasteiger partial charge in [0, 0.05) is 49.4 Å². The summed E-state index contributed by atoms with van der Waals surface area (Å²) in [6.07, 6.45) is 0. The van der Waals surface area contributed by atoms with Gasteiger partial charge >= 0.3 is 0 Å². The summed E-state index contributed by atoms with van der Waals surface area (Å²) in [4.78, 5) is 2.36. The number of rotatable bonds is 6. The van der Waals surface area contributed by atoms with E-state index in [2.05, 4.69) is 181 Å². The molecule has 0 radical (unpaired) electrons. The molecule has 0 saturated heterocycles. The molecule has 0 aliphatic heterocycles. The average molecular weight is 704 g/mol. The lowest BCUT2D eigenvalue weighted by Crippen LogP contribution is -2.11. The summed E-state index contributed by atoms with van der Waals surface area (Å²) >= 11 is 0. The number of benzene rings is 9. The second-order valence-electron chi connectivity index (χ2n) is 14.1. The summed E-state index contributed by atoms with van der Waals surface area (Å²) in [5, 5.41) is 6.77. The van der Waals surface area contributed by atoms with Gasteiger partial charge in [-0.15, -0.1) is 0 Å². The van der Waals surface area contributed by atoms with Crippen LogP contribution in [-0.2, 0) is 0 Å². The smallest absolute Gasteiger partial charge is 0.143 e. The molecule has 0 unspecified atom stereocenters. The Morgan fingerprint density at radius 2 is 0.836 bits per heavy atom. The van der Waals surface area contributed by atoms with Crippen LogP contribution in [0.15, 0.2) is 209 Å². The highest BCUT2D eigenvalue weighted by atomic mass is 16.3. The summed E-state index contributed by atoms with van der Waals surface area (Å²) in [5.41, 5.74) is 13.6.